The molecule has 0 bridgehead atoms. The van der Waals surface area contributed by atoms with Crippen molar-refractivity contribution in [1.82, 2.24) is 56.5 Å². The molecule has 30 nitrogen and oxygen atoms in total. The molecule has 6 aromatic rings. The zero-order chi connectivity index (χ0) is 84.4. The van der Waals surface area contributed by atoms with Gasteiger partial charge in [-0.2, -0.15) is 15.0 Å². The number of rotatable bonds is 20. The average molecular weight is 1650 g/mol. The van der Waals surface area contributed by atoms with Crippen LogP contribution < -0.4 is 86.1 Å². The van der Waals surface area contributed by atoms with Crippen molar-refractivity contribution in [3.63, 3.8) is 0 Å². The van der Waals surface area contributed by atoms with Gasteiger partial charge in [0.05, 0.1) is 79.3 Å². The molecule has 16 rings (SSSR count). The van der Waals surface area contributed by atoms with Crippen LogP contribution >= 0.6 is 0 Å². The average Bonchev–Trinajstić information content (AvgIpc) is 1.58. The predicted octanol–water partition coefficient (Wildman–Crippen LogP) is 12.4. The minimum Gasteiger partial charge on any atom is -0.495 e. The number of carbonyl (C=O) groups excluding carboxylic acids is 6. The summed E-state index contributed by atoms with van der Waals surface area (Å²) >= 11 is 0. The van der Waals surface area contributed by atoms with Crippen molar-refractivity contribution in [3.05, 3.63) is 103 Å². The van der Waals surface area contributed by atoms with Gasteiger partial charge in [-0.15, -0.1) is 6.58 Å². The molecule has 644 valence electrons. The van der Waals surface area contributed by atoms with Crippen LogP contribution in [-0.4, -0.2) is 201 Å². The molecule has 3 aromatic carbocycles. The second-order valence-corrected chi connectivity index (χ2v) is 35.0. The lowest BCUT2D eigenvalue weighted by atomic mass is 9.84. The Balaban J connectivity index is 0.000000147. The number of methoxy groups -OCH3 is 3. The van der Waals surface area contributed by atoms with E-state index in [4.69, 9.17) is 29.2 Å². The van der Waals surface area contributed by atoms with Crippen molar-refractivity contribution in [3.8, 4) is 17.2 Å². The van der Waals surface area contributed by atoms with E-state index in [0.29, 0.717) is 125 Å². The summed E-state index contributed by atoms with van der Waals surface area (Å²) in [4.78, 5) is 120. The van der Waals surface area contributed by atoms with Crippen LogP contribution in [0.15, 0.2) is 85.8 Å². The number of anilines is 12. The fourth-order valence-corrected chi connectivity index (χ4v) is 18.7. The fourth-order valence-electron chi connectivity index (χ4n) is 18.7. The zero-order valence-corrected chi connectivity index (χ0v) is 71.6. The zero-order valence-electron chi connectivity index (χ0n) is 71.6. The highest BCUT2D eigenvalue weighted by Gasteiger charge is 2.56. The highest BCUT2D eigenvalue weighted by Crippen LogP contribution is 2.53. The molecule has 30 heteroatoms. The van der Waals surface area contributed by atoms with Crippen molar-refractivity contribution < 1.29 is 48.1 Å². The molecule has 9 N–H and O–H groups in total. The second kappa shape index (κ2) is 38.1. The molecule has 10 aliphatic rings. The minimum atomic E-state index is -0.742. The molecule has 5 aliphatic heterocycles. The quantitative estimate of drug-likeness (QED) is 0.0321. The lowest BCUT2D eigenvalue weighted by molar-refractivity contribution is -0.127. The van der Waals surface area contributed by atoms with Crippen molar-refractivity contribution in [2.75, 3.05) is 134 Å². The Bertz CT molecular complexity index is 4660. The molecule has 5 saturated carbocycles. The first-order valence-electron chi connectivity index (χ1n) is 43.8. The number of fused-ring (bicyclic) bond motifs is 3. The third-order valence-electron chi connectivity index (χ3n) is 26.6. The van der Waals surface area contributed by atoms with Crippen molar-refractivity contribution >= 4 is 105 Å². The molecule has 7 fully saturated rings. The normalized spacial score (nSPS) is 23.5. The molecule has 5 aliphatic carbocycles. The van der Waals surface area contributed by atoms with Gasteiger partial charge in [0, 0.05) is 100 Å². The molecule has 2 saturated heterocycles. The molecule has 120 heavy (non-hydrogen) atoms. The van der Waals surface area contributed by atoms with E-state index in [1.54, 1.807) is 110 Å². The number of nitrogens with one attached hydrogen (secondary N) is 8. The van der Waals surface area contributed by atoms with Crippen LogP contribution in [0.25, 0.3) is 0 Å². The Morgan fingerprint density at radius 3 is 1.27 bits per heavy atom. The largest absolute Gasteiger partial charge is 0.495 e. The summed E-state index contributed by atoms with van der Waals surface area (Å²) in [5.41, 5.74) is 4.17. The summed E-state index contributed by atoms with van der Waals surface area (Å²) in [6.45, 7) is 15.5. The standard InChI is InChI=1S/C31H44N6O4.C30H41N7O3.C29H39N7O3/c1-5-31(2)19-37(22-9-7-6-8-10-22)27-25(36(3)29(31)40)18-32-30(35-27)34-24-16-11-20(17-26(24)41-4)28(39)33-21-12-14-23(38)15-13-21;1-5-30(2)19-37(22-11-7-6-8-12-22)26-24(36(3)28(30)39)18-32-29(35-26)34-23-14-13-20(16-25(23)40-4)27(38)33-21-10-9-15-31-17-21;1-35-23-17-31-28(34-25(23)36(21-6-4-3-5-7-21)18-29(12-13-29)27(35)38)33-22-9-8-19(16-24(22)39-2)26(37)32-20-10-14-30-15-11-20/h11,16-18,21-23,38H,5-10,12-15,19H2,1-4H3,(H,33,39)(H,32,34,35);5,13-14,16,18,21-22,31H,1,6-12,15,17,19H2,2-4H3,(H,33,38)(H,32,34,35);8-9,16-17,20-21,30H,3-7,10-15,18H2,1-2H3,(H,32,37)(H,31,33,34)/t21?,23?,31-;21-,30+;/m01./s1. The Kier molecular flexibility index (Phi) is 27.3. The Labute approximate surface area is 705 Å². The summed E-state index contributed by atoms with van der Waals surface area (Å²) in [7, 11) is 10.2. The minimum absolute atomic E-state index is 0.0223. The Hall–Kier alpha value is -10.5. The van der Waals surface area contributed by atoms with Gasteiger partial charge in [0.2, 0.25) is 35.6 Å². The topological polar surface area (TPSA) is 343 Å². The summed E-state index contributed by atoms with van der Waals surface area (Å²) in [5.74, 6) is 4.98. The SMILES string of the molecule is C=C[C@@]1(C)CN(C2CCCCC2)c2nc(Nc3ccc(C(=O)N[C@@H]4CCCNC4)cc3OC)ncc2N(C)C1=O.CC[C@@]1(C)CN(C2CCCCC2)c2nc(Nc3ccc(C(=O)NC4CCC(O)CC4)cc3OC)ncc2N(C)C1=O.COc1cc(C(=O)NC2CCNCC2)ccc1Nc1ncc2c(n1)N(C1CCCCC1)CC1(CC1)C(=O)N2C. The molecule has 6 amide bonds. The van der Waals surface area contributed by atoms with Crippen molar-refractivity contribution in [2.24, 2.45) is 16.2 Å². The van der Waals surface area contributed by atoms with Gasteiger partial charge >= 0.3 is 0 Å². The number of ether oxygens (including phenoxy) is 3. The number of aliphatic hydroxyl groups is 1. The van der Waals surface area contributed by atoms with Crippen LogP contribution in [0.2, 0.25) is 0 Å². The van der Waals surface area contributed by atoms with Crippen LogP contribution in [0.4, 0.5) is 69.4 Å². The monoisotopic (exact) mass is 1640 g/mol. The van der Waals surface area contributed by atoms with E-state index >= 15 is 0 Å². The number of piperidine rings is 2. The van der Waals surface area contributed by atoms with Gasteiger partial charge in [-0.05, 0) is 197 Å². The van der Waals surface area contributed by atoms with Gasteiger partial charge in [0.1, 0.15) is 34.3 Å². The molecule has 1 spiro atoms. The first-order valence-corrected chi connectivity index (χ1v) is 43.8. The highest BCUT2D eigenvalue weighted by atomic mass is 16.5. The maximum Gasteiger partial charge on any atom is 0.251 e. The van der Waals surface area contributed by atoms with Gasteiger partial charge in [0.25, 0.3) is 17.7 Å². The van der Waals surface area contributed by atoms with E-state index < -0.39 is 10.8 Å². The number of aliphatic hydroxyl groups excluding tert-OH is 1. The van der Waals surface area contributed by atoms with Gasteiger partial charge in [-0.1, -0.05) is 70.8 Å². The van der Waals surface area contributed by atoms with Gasteiger partial charge in [-0.25, -0.2) is 15.0 Å². The maximum atomic E-state index is 13.5. The molecule has 0 unspecified atom stereocenters. The molecule has 8 heterocycles. The summed E-state index contributed by atoms with van der Waals surface area (Å²) in [6.07, 6.45) is 33.5. The predicted molar refractivity (Wildman–Crippen MR) is 469 cm³/mol. The summed E-state index contributed by atoms with van der Waals surface area (Å²) in [5, 5.41) is 35.6. The van der Waals surface area contributed by atoms with Crippen LogP contribution in [0.5, 0.6) is 17.2 Å². The van der Waals surface area contributed by atoms with E-state index in [1.165, 1.54) is 44.9 Å². The van der Waals surface area contributed by atoms with Gasteiger partial charge in [0.15, 0.2) is 17.5 Å². The van der Waals surface area contributed by atoms with E-state index in [0.717, 1.165) is 164 Å². The Morgan fingerprint density at radius 2 is 0.875 bits per heavy atom. The highest BCUT2D eigenvalue weighted by molar-refractivity contribution is 6.05. The van der Waals surface area contributed by atoms with E-state index in [-0.39, 0.29) is 65.1 Å². The molecular weight excluding hydrogens is 1520 g/mol. The number of hydrogen-bond donors (Lipinski definition) is 9. The number of aromatic nitrogens is 6. The fraction of sp³-hybridized carbons (Fsp3) is 0.578. The van der Waals surface area contributed by atoms with Crippen LogP contribution in [0, 0.1) is 16.2 Å². The van der Waals surface area contributed by atoms with Crippen molar-refractivity contribution in [2.45, 2.75) is 230 Å². The molecule has 3 aromatic heterocycles. The van der Waals surface area contributed by atoms with Gasteiger partial charge < -0.3 is 91.3 Å². The number of amides is 6. The molecule has 3 atom stereocenters. The first-order chi connectivity index (χ1) is 58.0. The summed E-state index contributed by atoms with van der Waals surface area (Å²) in [6, 6.07) is 17.3. The number of nitrogens with zero attached hydrogens (tertiary/aromatic N) is 12. The number of hydrogen-bond acceptors (Lipinski definition) is 24. The first kappa shape index (κ1) is 85.9. The van der Waals surface area contributed by atoms with E-state index in [1.807, 2.05) is 33.2 Å². The Morgan fingerprint density at radius 1 is 0.483 bits per heavy atom. The number of carbonyl (C=O) groups is 6. The van der Waals surface area contributed by atoms with Crippen molar-refractivity contribution in [1.29, 1.82) is 0 Å². The van der Waals surface area contributed by atoms with E-state index in [9.17, 15) is 33.9 Å². The molecule has 0 radical (unpaired) electrons. The third kappa shape index (κ3) is 19.3. The van der Waals surface area contributed by atoms with Crippen LogP contribution in [-0.2, 0) is 14.4 Å². The smallest absolute Gasteiger partial charge is 0.251 e. The number of benzene rings is 3. The lowest BCUT2D eigenvalue weighted by Crippen LogP contribution is -2.47. The van der Waals surface area contributed by atoms with Crippen LogP contribution in [0.1, 0.15) is 219 Å². The molecular formula is C90H124N20O10. The second-order valence-electron chi connectivity index (χ2n) is 35.0. The maximum absolute atomic E-state index is 13.5. The lowest BCUT2D eigenvalue weighted by Gasteiger charge is -2.38. The van der Waals surface area contributed by atoms with E-state index in [2.05, 4.69) is 92.6 Å². The van der Waals surface area contributed by atoms with Crippen LogP contribution in [0.3, 0.4) is 0 Å². The summed E-state index contributed by atoms with van der Waals surface area (Å²) < 4.78 is 16.9. The third-order valence-corrected chi connectivity index (χ3v) is 26.6. The van der Waals surface area contributed by atoms with Gasteiger partial charge in [-0.3, -0.25) is 28.8 Å².